The van der Waals surface area contributed by atoms with E-state index in [1.165, 1.54) is 38.2 Å². The first kappa shape index (κ1) is 33.6. The molecule has 272 valence electrons. The maximum absolute atomic E-state index is 6.89. The molecule has 0 aliphatic heterocycles. The van der Waals surface area contributed by atoms with E-state index in [0.29, 0.717) is 0 Å². The fourth-order valence-electron chi connectivity index (χ4n) is 8.89. The third-order valence-electron chi connectivity index (χ3n) is 11.5. The molecule has 0 N–H and O–H groups in total. The summed E-state index contributed by atoms with van der Waals surface area (Å²) in [6.07, 6.45) is 0. The lowest BCUT2D eigenvalue weighted by atomic mass is 9.90. The topological polar surface area (TPSA) is 16.4 Å². The van der Waals surface area contributed by atoms with Crippen LogP contribution in [0.1, 0.15) is 0 Å². The van der Waals surface area contributed by atoms with Crippen LogP contribution in [0.25, 0.3) is 88.0 Å². The van der Waals surface area contributed by atoms with Gasteiger partial charge in [-0.05, 0) is 85.8 Å². The summed E-state index contributed by atoms with van der Waals surface area (Å²) >= 11 is 0. The molecule has 58 heavy (non-hydrogen) atoms. The summed E-state index contributed by atoms with van der Waals surface area (Å²) in [5.74, 6) is 0. The van der Waals surface area contributed by atoms with Crippen molar-refractivity contribution in [1.29, 1.82) is 0 Å². The molecule has 11 rings (SSSR count). The average molecular weight is 740 g/mol. The summed E-state index contributed by atoms with van der Waals surface area (Å²) in [4.78, 5) is 2.48. The van der Waals surface area contributed by atoms with Gasteiger partial charge in [-0.1, -0.05) is 188 Å². The van der Waals surface area contributed by atoms with Gasteiger partial charge in [-0.25, -0.2) is 0 Å². The highest BCUT2D eigenvalue weighted by molar-refractivity contribution is 6.19. The van der Waals surface area contributed by atoms with Gasteiger partial charge in [-0.3, -0.25) is 0 Å². The molecule has 0 saturated heterocycles. The molecular formula is C56H37NO. The van der Waals surface area contributed by atoms with E-state index >= 15 is 0 Å². The molecule has 0 bridgehead atoms. The van der Waals surface area contributed by atoms with Gasteiger partial charge >= 0.3 is 0 Å². The highest BCUT2D eigenvalue weighted by Gasteiger charge is 2.27. The summed E-state index contributed by atoms with van der Waals surface area (Å²) in [6, 6.07) is 80.6. The first-order chi connectivity index (χ1) is 28.8. The smallest absolute Gasteiger partial charge is 0.145 e. The second-order valence-electron chi connectivity index (χ2n) is 14.8. The predicted molar refractivity (Wildman–Crippen MR) is 245 cm³/mol. The van der Waals surface area contributed by atoms with E-state index in [1.807, 2.05) is 0 Å². The largest absolute Gasteiger partial charge is 0.455 e. The van der Waals surface area contributed by atoms with E-state index in [-0.39, 0.29) is 0 Å². The standard InChI is InChI=1S/C56H37NO/c1-3-19-38(20-4-1)41-24-9-10-27-45(41)47-29-13-16-32-51(47)57(53-36-35-43(39-21-5-2-6-22-39)56-55(53)49-31-15-18-34-54(49)58-56)52-33-17-14-30-48(52)50-37-40-23-7-8-25-42(40)44-26-11-12-28-46(44)50/h1-37H. The minimum absolute atomic E-state index is 0.860. The van der Waals surface area contributed by atoms with Crippen molar-refractivity contribution in [2.24, 2.45) is 0 Å². The summed E-state index contributed by atoms with van der Waals surface area (Å²) in [7, 11) is 0. The molecule has 0 spiro atoms. The zero-order chi connectivity index (χ0) is 38.4. The Bertz CT molecular complexity index is 3290. The molecule has 0 unspecified atom stereocenters. The quantitative estimate of drug-likeness (QED) is 0.151. The van der Waals surface area contributed by atoms with Gasteiger partial charge in [-0.15, -0.1) is 0 Å². The van der Waals surface area contributed by atoms with Crippen LogP contribution in [0, 0.1) is 0 Å². The molecule has 10 aromatic carbocycles. The maximum atomic E-state index is 6.89. The number of para-hydroxylation sites is 3. The molecule has 0 atom stereocenters. The van der Waals surface area contributed by atoms with Crippen molar-refractivity contribution >= 4 is 60.5 Å². The number of hydrogen-bond donors (Lipinski definition) is 0. The van der Waals surface area contributed by atoms with Crippen LogP contribution in [0.2, 0.25) is 0 Å². The molecule has 1 aromatic heterocycles. The third kappa shape index (κ3) is 5.57. The van der Waals surface area contributed by atoms with Crippen molar-refractivity contribution in [3.8, 4) is 44.5 Å². The fraction of sp³-hybridized carbons (Fsp3) is 0. The second-order valence-corrected chi connectivity index (χ2v) is 14.8. The van der Waals surface area contributed by atoms with Crippen LogP contribution in [0.3, 0.4) is 0 Å². The van der Waals surface area contributed by atoms with Crippen molar-refractivity contribution < 1.29 is 4.42 Å². The van der Waals surface area contributed by atoms with E-state index in [9.17, 15) is 0 Å². The van der Waals surface area contributed by atoms with Crippen LogP contribution in [-0.2, 0) is 0 Å². The Morgan fingerprint density at radius 1 is 0.293 bits per heavy atom. The third-order valence-corrected chi connectivity index (χ3v) is 11.5. The second kappa shape index (κ2) is 14.1. The highest BCUT2D eigenvalue weighted by atomic mass is 16.3. The van der Waals surface area contributed by atoms with Crippen LogP contribution < -0.4 is 4.90 Å². The Hall–Kier alpha value is -7.68. The Labute approximate surface area is 337 Å². The molecular weight excluding hydrogens is 703 g/mol. The lowest BCUT2D eigenvalue weighted by molar-refractivity contribution is 0.670. The molecule has 0 saturated carbocycles. The van der Waals surface area contributed by atoms with Gasteiger partial charge in [0.2, 0.25) is 0 Å². The zero-order valence-corrected chi connectivity index (χ0v) is 31.7. The summed E-state index contributed by atoms with van der Waals surface area (Å²) in [5, 5.41) is 7.07. The van der Waals surface area contributed by atoms with Gasteiger partial charge in [0.25, 0.3) is 0 Å². The Balaban J connectivity index is 1.26. The molecule has 2 heteroatoms. The average Bonchev–Trinajstić information content (AvgIpc) is 3.70. The van der Waals surface area contributed by atoms with E-state index < -0.39 is 0 Å². The van der Waals surface area contributed by atoms with Crippen LogP contribution in [0.15, 0.2) is 229 Å². The van der Waals surface area contributed by atoms with Gasteiger partial charge in [0, 0.05) is 22.1 Å². The number of anilines is 3. The Morgan fingerprint density at radius 2 is 0.793 bits per heavy atom. The van der Waals surface area contributed by atoms with E-state index in [4.69, 9.17) is 4.42 Å². The molecule has 0 fully saturated rings. The number of nitrogens with zero attached hydrogens (tertiary/aromatic N) is 1. The summed E-state index contributed by atoms with van der Waals surface area (Å²) < 4.78 is 6.89. The van der Waals surface area contributed by atoms with Crippen molar-refractivity contribution in [3.63, 3.8) is 0 Å². The van der Waals surface area contributed by atoms with Gasteiger partial charge in [-0.2, -0.15) is 0 Å². The Morgan fingerprint density at radius 3 is 1.50 bits per heavy atom. The van der Waals surface area contributed by atoms with Gasteiger partial charge in [0.05, 0.1) is 22.4 Å². The first-order valence-corrected chi connectivity index (χ1v) is 19.9. The summed E-state index contributed by atoms with van der Waals surface area (Å²) in [5.41, 5.74) is 14.1. The molecule has 2 nitrogen and oxygen atoms in total. The summed E-state index contributed by atoms with van der Waals surface area (Å²) in [6.45, 7) is 0. The van der Waals surface area contributed by atoms with Crippen LogP contribution in [0.5, 0.6) is 0 Å². The Kier molecular flexibility index (Phi) is 8.19. The molecule has 0 aliphatic rings. The number of fused-ring (bicyclic) bond motifs is 6. The fourth-order valence-corrected chi connectivity index (χ4v) is 8.89. The van der Waals surface area contributed by atoms with E-state index in [1.54, 1.807) is 0 Å². The minimum Gasteiger partial charge on any atom is -0.455 e. The molecule has 0 amide bonds. The van der Waals surface area contributed by atoms with Crippen LogP contribution in [-0.4, -0.2) is 0 Å². The van der Waals surface area contributed by atoms with Crippen molar-refractivity contribution in [3.05, 3.63) is 224 Å². The molecule has 0 radical (unpaired) electrons. The first-order valence-electron chi connectivity index (χ1n) is 19.9. The van der Waals surface area contributed by atoms with Crippen LogP contribution in [0.4, 0.5) is 17.1 Å². The normalized spacial score (nSPS) is 11.4. The van der Waals surface area contributed by atoms with Gasteiger partial charge in [0.15, 0.2) is 0 Å². The molecule has 0 aliphatic carbocycles. The number of benzene rings is 10. The van der Waals surface area contributed by atoms with Gasteiger partial charge < -0.3 is 9.32 Å². The number of furan rings is 1. The molecule has 11 aromatic rings. The lowest BCUT2D eigenvalue weighted by Crippen LogP contribution is -2.13. The SMILES string of the molecule is c1ccc(-c2ccccc2-c2ccccc2N(c2ccccc2-c2cc3ccccc3c3ccccc23)c2ccc(-c3ccccc3)c3oc4ccccc4c23)cc1. The predicted octanol–water partition coefficient (Wildman–Crippen LogP) is 16.0. The van der Waals surface area contributed by atoms with Crippen LogP contribution >= 0.6 is 0 Å². The van der Waals surface area contributed by atoms with Gasteiger partial charge in [0.1, 0.15) is 11.2 Å². The highest BCUT2D eigenvalue weighted by Crippen LogP contribution is 2.51. The minimum atomic E-state index is 0.860. The van der Waals surface area contributed by atoms with Crippen molar-refractivity contribution in [1.82, 2.24) is 0 Å². The lowest BCUT2D eigenvalue weighted by Gasteiger charge is -2.31. The maximum Gasteiger partial charge on any atom is 0.145 e. The van der Waals surface area contributed by atoms with E-state index in [2.05, 4.69) is 229 Å². The monoisotopic (exact) mass is 739 g/mol. The van der Waals surface area contributed by atoms with Crippen molar-refractivity contribution in [2.75, 3.05) is 4.90 Å². The molecule has 1 heterocycles. The van der Waals surface area contributed by atoms with Crippen molar-refractivity contribution in [2.45, 2.75) is 0 Å². The zero-order valence-electron chi connectivity index (χ0n) is 31.7. The van der Waals surface area contributed by atoms with E-state index in [0.717, 1.165) is 66.8 Å². The number of rotatable bonds is 7. The number of hydrogen-bond acceptors (Lipinski definition) is 2.